The molecule has 31 heavy (non-hydrogen) atoms. The number of rotatable bonds is 5. The van der Waals surface area contributed by atoms with Crippen molar-refractivity contribution in [1.29, 1.82) is 0 Å². The van der Waals surface area contributed by atoms with Gasteiger partial charge in [0.05, 0.1) is 18.2 Å². The molecule has 4 N–H and O–H groups in total. The van der Waals surface area contributed by atoms with Crippen molar-refractivity contribution in [3.8, 4) is 5.75 Å². The molecule has 4 rings (SSSR count). The number of halogens is 1. The first-order chi connectivity index (χ1) is 14.8. The normalized spacial score (nSPS) is 27.6. The van der Waals surface area contributed by atoms with Gasteiger partial charge < -0.3 is 29.9 Å². The molecular formula is C23H25ClO7. The molecule has 1 fully saturated rings. The van der Waals surface area contributed by atoms with Crippen molar-refractivity contribution in [2.45, 2.75) is 50.3 Å². The molecule has 2 heterocycles. The quantitative estimate of drug-likeness (QED) is 0.513. The second-order valence-corrected chi connectivity index (χ2v) is 8.40. The van der Waals surface area contributed by atoms with Crippen LogP contribution in [0, 0.1) is 0 Å². The van der Waals surface area contributed by atoms with Gasteiger partial charge in [-0.25, -0.2) is 0 Å². The Bertz CT molecular complexity index is 973. The van der Waals surface area contributed by atoms with Gasteiger partial charge in [-0.3, -0.25) is 4.79 Å². The highest BCUT2D eigenvalue weighted by molar-refractivity contribution is 6.33. The van der Waals surface area contributed by atoms with Gasteiger partial charge in [-0.1, -0.05) is 41.9 Å². The number of aliphatic hydroxyl groups is 4. The van der Waals surface area contributed by atoms with Crippen LogP contribution < -0.4 is 4.74 Å². The Hall–Kier alpha value is -2.00. The Morgan fingerprint density at radius 3 is 2.48 bits per heavy atom. The number of ether oxygens (including phenoxy) is 2. The van der Waals surface area contributed by atoms with Gasteiger partial charge in [-0.05, 0) is 30.0 Å². The van der Waals surface area contributed by atoms with Crippen molar-refractivity contribution in [3.63, 3.8) is 0 Å². The fourth-order valence-corrected chi connectivity index (χ4v) is 4.52. The topological polar surface area (TPSA) is 116 Å². The molecule has 1 saturated heterocycles. The summed E-state index contributed by atoms with van der Waals surface area (Å²) in [5, 5.41) is 41.0. The largest absolute Gasteiger partial charge is 0.491 e. The standard InChI is InChI=1S/C23H25ClO7/c1-11(26)13-4-2-12(3-5-13)8-14-9-16(15-6-7-30-22(15)18(14)24)23-21(29)20(28)19(27)17(10-25)31-23/h2-5,9,17,19-21,23,25,27-29H,6-8,10H2,1H3/t17-,19-,20+,21-,23+/m1/s1. The van der Waals surface area contributed by atoms with Gasteiger partial charge in [0.2, 0.25) is 0 Å². The van der Waals surface area contributed by atoms with Gasteiger partial charge in [-0.15, -0.1) is 0 Å². The maximum atomic E-state index is 11.5. The average Bonchev–Trinajstić information content (AvgIpc) is 3.25. The summed E-state index contributed by atoms with van der Waals surface area (Å²) < 4.78 is 11.5. The van der Waals surface area contributed by atoms with E-state index in [-0.39, 0.29) is 5.78 Å². The van der Waals surface area contributed by atoms with E-state index in [0.717, 1.165) is 16.7 Å². The third kappa shape index (κ3) is 4.09. The first kappa shape index (κ1) is 22.2. The Morgan fingerprint density at radius 1 is 1.13 bits per heavy atom. The summed E-state index contributed by atoms with van der Waals surface area (Å²) in [4.78, 5) is 11.5. The third-order valence-electron chi connectivity index (χ3n) is 5.99. The molecule has 0 aliphatic carbocycles. The van der Waals surface area contributed by atoms with Crippen LogP contribution in [0.5, 0.6) is 5.75 Å². The first-order valence-corrected chi connectivity index (χ1v) is 10.6. The molecule has 8 heteroatoms. The molecule has 2 aromatic rings. The van der Waals surface area contributed by atoms with Gasteiger partial charge in [0.15, 0.2) is 5.78 Å². The Balaban J connectivity index is 1.72. The zero-order chi connectivity index (χ0) is 22.3. The molecule has 166 valence electrons. The van der Waals surface area contributed by atoms with Crippen molar-refractivity contribution in [3.05, 3.63) is 63.2 Å². The van der Waals surface area contributed by atoms with Gasteiger partial charge in [-0.2, -0.15) is 0 Å². The fourth-order valence-electron chi connectivity index (χ4n) is 4.23. The lowest BCUT2D eigenvalue weighted by Crippen LogP contribution is -2.55. The van der Waals surface area contributed by atoms with E-state index >= 15 is 0 Å². The summed E-state index contributed by atoms with van der Waals surface area (Å²) in [5.74, 6) is 0.506. The molecule has 0 radical (unpaired) electrons. The minimum absolute atomic E-state index is 0.0135. The van der Waals surface area contributed by atoms with Gasteiger partial charge in [0, 0.05) is 17.5 Å². The highest BCUT2D eigenvalue weighted by Crippen LogP contribution is 2.44. The molecule has 0 bridgehead atoms. The van der Waals surface area contributed by atoms with Crippen molar-refractivity contribution in [1.82, 2.24) is 0 Å². The van der Waals surface area contributed by atoms with Crippen molar-refractivity contribution >= 4 is 17.4 Å². The number of fused-ring (bicyclic) bond motifs is 1. The monoisotopic (exact) mass is 448 g/mol. The third-order valence-corrected chi connectivity index (χ3v) is 6.40. The van der Waals surface area contributed by atoms with E-state index in [1.165, 1.54) is 6.92 Å². The minimum Gasteiger partial charge on any atom is -0.491 e. The van der Waals surface area contributed by atoms with E-state index in [4.69, 9.17) is 21.1 Å². The van der Waals surface area contributed by atoms with Crippen LogP contribution in [0.3, 0.4) is 0 Å². The summed E-state index contributed by atoms with van der Waals surface area (Å²) in [5.41, 5.74) is 3.69. The number of ketones is 1. The molecule has 0 saturated carbocycles. The molecule has 2 aliphatic rings. The molecule has 7 nitrogen and oxygen atoms in total. The molecule has 0 amide bonds. The fraction of sp³-hybridized carbons (Fsp3) is 0.435. The lowest BCUT2D eigenvalue weighted by molar-refractivity contribution is -0.231. The lowest BCUT2D eigenvalue weighted by Gasteiger charge is -2.40. The van der Waals surface area contributed by atoms with E-state index in [9.17, 15) is 25.2 Å². The molecule has 2 aliphatic heterocycles. The SMILES string of the molecule is CC(=O)c1ccc(Cc2cc([C@@H]3O[C@H](CO)[C@@H](O)[C@H](O)[C@H]3O)c3c(c2Cl)OCC3)cc1. The molecule has 0 unspecified atom stereocenters. The highest BCUT2D eigenvalue weighted by atomic mass is 35.5. The number of carbonyl (C=O) groups excluding carboxylic acids is 1. The Morgan fingerprint density at radius 2 is 1.84 bits per heavy atom. The number of aliphatic hydroxyl groups excluding tert-OH is 4. The zero-order valence-electron chi connectivity index (χ0n) is 17.0. The van der Waals surface area contributed by atoms with Gasteiger partial charge in [0.25, 0.3) is 0 Å². The van der Waals surface area contributed by atoms with E-state index in [2.05, 4.69) is 0 Å². The lowest BCUT2D eigenvalue weighted by atomic mass is 9.87. The molecular weight excluding hydrogens is 424 g/mol. The van der Waals surface area contributed by atoms with Crippen LogP contribution >= 0.6 is 11.6 Å². The predicted molar refractivity (Wildman–Crippen MR) is 113 cm³/mol. The molecule has 0 aromatic heterocycles. The summed E-state index contributed by atoms with van der Waals surface area (Å²) in [6.45, 7) is 1.44. The number of hydrogen-bond acceptors (Lipinski definition) is 7. The molecule has 2 aromatic carbocycles. The van der Waals surface area contributed by atoms with Crippen LogP contribution in [0.15, 0.2) is 30.3 Å². The van der Waals surface area contributed by atoms with Crippen LogP contribution in [-0.4, -0.2) is 63.8 Å². The van der Waals surface area contributed by atoms with Crippen LogP contribution in [0.25, 0.3) is 0 Å². The number of Topliss-reactive ketones (excluding diaryl/α,β-unsaturated/α-hetero) is 1. The van der Waals surface area contributed by atoms with Crippen LogP contribution in [0.1, 0.15) is 45.6 Å². The average molecular weight is 449 g/mol. The van der Waals surface area contributed by atoms with Crippen molar-refractivity contribution in [2.24, 2.45) is 0 Å². The molecule has 5 atom stereocenters. The predicted octanol–water partition coefficient (Wildman–Crippen LogP) is 1.58. The van der Waals surface area contributed by atoms with Crippen molar-refractivity contribution < 1.29 is 34.7 Å². The van der Waals surface area contributed by atoms with Gasteiger partial charge in [0.1, 0.15) is 36.3 Å². The Kier molecular flexibility index (Phi) is 6.35. The number of benzene rings is 2. The minimum atomic E-state index is -1.47. The highest BCUT2D eigenvalue weighted by Gasteiger charge is 2.45. The smallest absolute Gasteiger partial charge is 0.159 e. The van der Waals surface area contributed by atoms with Crippen LogP contribution in [0.4, 0.5) is 0 Å². The van der Waals surface area contributed by atoms with Crippen molar-refractivity contribution in [2.75, 3.05) is 13.2 Å². The summed E-state index contributed by atoms with van der Waals surface area (Å²) in [7, 11) is 0. The van der Waals surface area contributed by atoms with Gasteiger partial charge >= 0.3 is 0 Å². The van der Waals surface area contributed by atoms with Crippen LogP contribution in [0.2, 0.25) is 5.02 Å². The maximum absolute atomic E-state index is 11.5. The summed E-state index contributed by atoms with van der Waals surface area (Å²) >= 11 is 6.63. The zero-order valence-corrected chi connectivity index (χ0v) is 17.7. The number of hydrogen-bond donors (Lipinski definition) is 4. The number of carbonyl (C=O) groups is 1. The second kappa shape index (κ2) is 8.86. The van der Waals surface area contributed by atoms with E-state index < -0.39 is 37.1 Å². The summed E-state index contributed by atoms with van der Waals surface area (Å²) in [6.07, 6.45) is -5.21. The molecule has 0 spiro atoms. The van der Waals surface area contributed by atoms with Crippen LogP contribution in [-0.2, 0) is 17.6 Å². The van der Waals surface area contributed by atoms with E-state index in [0.29, 0.717) is 41.3 Å². The Labute approximate surface area is 184 Å². The van der Waals surface area contributed by atoms with E-state index in [1.54, 1.807) is 12.1 Å². The summed E-state index contributed by atoms with van der Waals surface area (Å²) in [6, 6.07) is 9.05. The maximum Gasteiger partial charge on any atom is 0.159 e. The van der Waals surface area contributed by atoms with E-state index in [1.807, 2.05) is 18.2 Å². The first-order valence-electron chi connectivity index (χ1n) is 10.2. The second-order valence-electron chi connectivity index (χ2n) is 8.02.